The van der Waals surface area contributed by atoms with Crippen LogP contribution in [-0.2, 0) is 6.54 Å². The predicted octanol–water partition coefficient (Wildman–Crippen LogP) is 2.18. The molecule has 2 rings (SSSR count). The minimum absolute atomic E-state index is 0.468. The molecule has 102 valence electrons. The van der Waals surface area contributed by atoms with Crippen LogP contribution in [0.4, 0.5) is 11.5 Å². The maximum atomic E-state index is 9.15. The van der Waals surface area contributed by atoms with E-state index in [0.717, 1.165) is 11.3 Å². The van der Waals surface area contributed by atoms with Gasteiger partial charge in [-0.3, -0.25) is 0 Å². The van der Waals surface area contributed by atoms with Crippen molar-refractivity contribution < 1.29 is 4.74 Å². The molecule has 2 N–H and O–H groups in total. The van der Waals surface area contributed by atoms with Crippen molar-refractivity contribution in [1.29, 1.82) is 5.26 Å². The number of anilines is 2. The van der Waals surface area contributed by atoms with E-state index in [1.54, 1.807) is 19.4 Å². The van der Waals surface area contributed by atoms with Crippen molar-refractivity contribution in [3.63, 3.8) is 0 Å². The summed E-state index contributed by atoms with van der Waals surface area (Å²) in [6.07, 6.45) is 1.55. The van der Waals surface area contributed by atoms with E-state index in [1.165, 1.54) is 0 Å². The number of pyridine rings is 1. The van der Waals surface area contributed by atoms with Gasteiger partial charge in [0, 0.05) is 13.6 Å². The molecular weight excluding hydrogens is 252 g/mol. The van der Waals surface area contributed by atoms with Gasteiger partial charge >= 0.3 is 0 Å². The van der Waals surface area contributed by atoms with Crippen LogP contribution in [0.2, 0.25) is 0 Å². The third-order valence-corrected chi connectivity index (χ3v) is 2.92. The Labute approximate surface area is 118 Å². The molecule has 0 saturated heterocycles. The molecule has 0 spiro atoms. The summed E-state index contributed by atoms with van der Waals surface area (Å²) >= 11 is 0. The molecule has 0 unspecified atom stereocenters. The van der Waals surface area contributed by atoms with Crippen molar-refractivity contribution in [2.45, 2.75) is 6.54 Å². The van der Waals surface area contributed by atoms with Crippen molar-refractivity contribution in [2.75, 3.05) is 24.8 Å². The number of aromatic nitrogens is 1. The highest BCUT2D eigenvalue weighted by atomic mass is 16.5. The molecule has 0 radical (unpaired) electrons. The Hall–Kier alpha value is -2.74. The van der Waals surface area contributed by atoms with Crippen LogP contribution in [0.1, 0.15) is 11.1 Å². The zero-order valence-corrected chi connectivity index (χ0v) is 11.5. The fraction of sp³-hybridized carbons (Fsp3) is 0.200. The predicted molar refractivity (Wildman–Crippen MR) is 78.5 cm³/mol. The second-order valence-electron chi connectivity index (χ2n) is 4.46. The summed E-state index contributed by atoms with van der Waals surface area (Å²) in [4.78, 5) is 6.14. The van der Waals surface area contributed by atoms with E-state index in [2.05, 4.69) is 11.1 Å². The number of hydrogen-bond donors (Lipinski definition) is 1. The Morgan fingerprint density at radius 2 is 2.20 bits per heavy atom. The van der Waals surface area contributed by atoms with E-state index in [4.69, 9.17) is 15.7 Å². The van der Waals surface area contributed by atoms with Gasteiger partial charge in [-0.15, -0.1) is 0 Å². The van der Waals surface area contributed by atoms with Gasteiger partial charge in [0.25, 0.3) is 0 Å². The van der Waals surface area contributed by atoms with Crippen LogP contribution in [-0.4, -0.2) is 19.1 Å². The lowest BCUT2D eigenvalue weighted by Gasteiger charge is -2.19. The molecule has 0 aliphatic carbocycles. The minimum atomic E-state index is 0.468. The Kier molecular flexibility index (Phi) is 4.06. The number of nitrogens with two attached hydrogens (primary N) is 1. The lowest BCUT2D eigenvalue weighted by molar-refractivity contribution is 0.414. The normalized spacial score (nSPS) is 9.85. The second-order valence-corrected chi connectivity index (χ2v) is 4.46. The summed E-state index contributed by atoms with van der Waals surface area (Å²) in [6.45, 7) is 0.628. The average Bonchev–Trinajstić information content (AvgIpc) is 2.47. The SMILES string of the molecule is COc1cccc(CN(C)c2ncc(N)cc2C#N)c1. The van der Waals surface area contributed by atoms with E-state index in [0.29, 0.717) is 23.6 Å². The summed E-state index contributed by atoms with van der Waals surface area (Å²) in [5.41, 5.74) is 7.68. The zero-order valence-electron chi connectivity index (χ0n) is 11.5. The monoisotopic (exact) mass is 268 g/mol. The highest BCUT2D eigenvalue weighted by molar-refractivity contribution is 5.58. The molecule has 5 nitrogen and oxygen atoms in total. The fourth-order valence-electron chi connectivity index (χ4n) is 1.98. The molecule has 0 aliphatic heterocycles. The van der Waals surface area contributed by atoms with Gasteiger partial charge in [-0.1, -0.05) is 12.1 Å². The molecule has 5 heteroatoms. The van der Waals surface area contributed by atoms with Crippen molar-refractivity contribution in [1.82, 2.24) is 4.98 Å². The summed E-state index contributed by atoms with van der Waals surface area (Å²) in [5.74, 6) is 1.42. The Morgan fingerprint density at radius 1 is 1.40 bits per heavy atom. The van der Waals surface area contributed by atoms with Crippen LogP contribution in [0.25, 0.3) is 0 Å². The van der Waals surface area contributed by atoms with Crippen LogP contribution in [0, 0.1) is 11.3 Å². The van der Waals surface area contributed by atoms with Gasteiger partial charge in [0.2, 0.25) is 0 Å². The van der Waals surface area contributed by atoms with Gasteiger partial charge in [-0.25, -0.2) is 4.98 Å². The largest absolute Gasteiger partial charge is 0.497 e. The molecule has 20 heavy (non-hydrogen) atoms. The number of nitrogens with zero attached hydrogens (tertiary/aromatic N) is 3. The maximum Gasteiger partial charge on any atom is 0.146 e. The van der Waals surface area contributed by atoms with Crippen LogP contribution in [0.15, 0.2) is 36.5 Å². The molecule has 0 amide bonds. The molecule has 0 fully saturated rings. The molecule has 0 bridgehead atoms. The van der Waals surface area contributed by atoms with Gasteiger partial charge in [0.05, 0.1) is 24.6 Å². The number of nitrogen functional groups attached to an aromatic ring is 1. The fourth-order valence-corrected chi connectivity index (χ4v) is 1.98. The smallest absolute Gasteiger partial charge is 0.146 e. The first-order valence-electron chi connectivity index (χ1n) is 6.13. The van der Waals surface area contributed by atoms with Crippen LogP contribution in [0.3, 0.4) is 0 Å². The van der Waals surface area contributed by atoms with Gasteiger partial charge in [-0.05, 0) is 23.8 Å². The summed E-state index contributed by atoms with van der Waals surface area (Å²) in [6, 6.07) is 11.5. The molecule has 1 aromatic heterocycles. The average molecular weight is 268 g/mol. The minimum Gasteiger partial charge on any atom is -0.497 e. The number of rotatable bonds is 4. The number of benzene rings is 1. The summed E-state index contributed by atoms with van der Waals surface area (Å²) in [7, 11) is 3.52. The Morgan fingerprint density at radius 3 is 2.90 bits per heavy atom. The van der Waals surface area contributed by atoms with Gasteiger partial charge < -0.3 is 15.4 Å². The number of hydrogen-bond acceptors (Lipinski definition) is 5. The highest BCUT2D eigenvalue weighted by Gasteiger charge is 2.10. The van der Waals surface area contributed by atoms with Crippen LogP contribution >= 0.6 is 0 Å². The Bertz CT molecular complexity index is 649. The molecule has 0 aliphatic rings. The van der Waals surface area contributed by atoms with Crippen LogP contribution in [0.5, 0.6) is 5.75 Å². The standard InChI is InChI=1S/C15H16N4O/c1-19(10-11-4-3-5-14(6-11)20-2)15-12(8-16)7-13(17)9-18-15/h3-7,9H,10,17H2,1-2H3. The van der Waals surface area contributed by atoms with Crippen molar-refractivity contribution >= 4 is 11.5 Å². The molecule has 2 aromatic rings. The van der Waals surface area contributed by atoms with E-state index < -0.39 is 0 Å². The molecule has 1 aromatic carbocycles. The lowest BCUT2D eigenvalue weighted by atomic mass is 10.2. The lowest BCUT2D eigenvalue weighted by Crippen LogP contribution is -2.19. The first-order valence-corrected chi connectivity index (χ1v) is 6.13. The second kappa shape index (κ2) is 5.93. The van der Waals surface area contributed by atoms with Crippen LogP contribution < -0.4 is 15.4 Å². The number of methoxy groups -OCH3 is 1. The van der Waals surface area contributed by atoms with E-state index in [1.807, 2.05) is 36.2 Å². The zero-order chi connectivity index (χ0) is 14.5. The summed E-state index contributed by atoms with van der Waals surface area (Å²) < 4.78 is 5.20. The van der Waals surface area contributed by atoms with E-state index >= 15 is 0 Å². The number of ether oxygens (including phenoxy) is 1. The first kappa shape index (κ1) is 13.7. The molecule has 0 saturated carbocycles. The van der Waals surface area contributed by atoms with Gasteiger partial charge in [-0.2, -0.15) is 5.26 Å². The van der Waals surface area contributed by atoms with E-state index in [9.17, 15) is 0 Å². The molecule has 1 heterocycles. The Balaban J connectivity index is 2.24. The summed E-state index contributed by atoms with van der Waals surface area (Å²) in [5, 5.41) is 9.15. The molecular formula is C15H16N4O. The molecule has 0 atom stereocenters. The highest BCUT2D eigenvalue weighted by Crippen LogP contribution is 2.21. The van der Waals surface area contributed by atoms with Gasteiger partial charge in [0.15, 0.2) is 0 Å². The quantitative estimate of drug-likeness (QED) is 0.919. The topological polar surface area (TPSA) is 75.2 Å². The third-order valence-electron chi connectivity index (χ3n) is 2.92. The third kappa shape index (κ3) is 2.98. The van der Waals surface area contributed by atoms with Crippen molar-refractivity contribution in [3.05, 3.63) is 47.7 Å². The number of nitriles is 1. The first-order chi connectivity index (χ1) is 9.63. The van der Waals surface area contributed by atoms with Crippen molar-refractivity contribution in [3.8, 4) is 11.8 Å². The van der Waals surface area contributed by atoms with E-state index in [-0.39, 0.29) is 0 Å². The maximum absolute atomic E-state index is 9.15. The van der Waals surface area contributed by atoms with Crippen molar-refractivity contribution in [2.24, 2.45) is 0 Å². The van der Waals surface area contributed by atoms with Gasteiger partial charge in [0.1, 0.15) is 17.6 Å².